The number of benzene rings is 1. The van der Waals surface area contributed by atoms with Crippen LogP contribution in [0.25, 0.3) is 0 Å². The first kappa shape index (κ1) is 16.5. The second-order valence-electron chi connectivity index (χ2n) is 5.80. The van der Waals surface area contributed by atoms with Crippen molar-refractivity contribution < 1.29 is 19.0 Å². The molecule has 22 heavy (non-hydrogen) atoms. The van der Waals surface area contributed by atoms with E-state index in [2.05, 4.69) is 10.6 Å². The van der Waals surface area contributed by atoms with Crippen LogP contribution in [-0.2, 0) is 0 Å². The van der Waals surface area contributed by atoms with Crippen LogP contribution < -0.4 is 15.4 Å². The van der Waals surface area contributed by atoms with Crippen LogP contribution in [0.4, 0.5) is 9.18 Å². The van der Waals surface area contributed by atoms with Gasteiger partial charge in [0.25, 0.3) is 0 Å². The van der Waals surface area contributed by atoms with Gasteiger partial charge in [-0.3, -0.25) is 0 Å². The van der Waals surface area contributed by atoms with E-state index in [0.29, 0.717) is 19.5 Å². The van der Waals surface area contributed by atoms with Gasteiger partial charge in [0.15, 0.2) is 11.6 Å². The summed E-state index contributed by atoms with van der Waals surface area (Å²) in [6, 6.07) is 5.91. The Labute approximate surface area is 129 Å². The highest BCUT2D eigenvalue weighted by atomic mass is 19.1. The topological polar surface area (TPSA) is 70.6 Å². The molecule has 1 aliphatic rings. The Bertz CT molecular complexity index is 506. The maximum atomic E-state index is 13.5. The average molecular weight is 310 g/mol. The van der Waals surface area contributed by atoms with Gasteiger partial charge >= 0.3 is 6.03 Å². The van der Waals surface area contributed by atoms with Crippen molar-refractivity contribution in [1.82, 2.24) is 10.6 Å². The Morgan fingerprint density at radius 1 is 1.41 bits per heavy atom. The third kappa shape index (κ3) is 4.59. The van der Waals surface area contributed by atoms with E-state index in [-0.39, 0.29) is 29.9 Å². The van der Waals surface area contributed by atoms with Crippen LogP contribution >= 0.6 is 0 Å². The number of ether oxygens (including phenoxy) is 1. The summed E-state index contributed by atoms with van der Waals surface area (Å²) >= 11 is 0. The minimum Gasteiger partial charge on any atom is -0.486 e. The Morgan fingerprint density at radius 2 is 2.14 bits per heavy atom. The molecule has 0 bridgehead atoms. The second kappa shape index (κ2) is 7.45. The summed E-state index contributed by atoms with van der Waals surface area (Å²) in [5.74, 6) is -0.224. The van der Waals surface area contributed by atoms with E-state index in [1.165, 1.54) is 6.07 Å². The maximum Gasteiger partial charge on any atom is 0.314 e. The Hall–Kier alpha value is -1.82. The lowest BCUT2D eigenvalue weighted by Crippen LogP contribution is -2.43. The van der Waals surface area contributed by atoms with Crippen LogP contribution in [0, 0.1) is 11.2 Å². The van der Waals surface area contributed by atoms with Gasteiger partial charge in [0.1, 0.15) is 6.10 Å². The van der Waals surface area contributed by atoms with Crippen molar-refractivity contribution in [2.45, 2.75) is 32.3 Å². The molecule has 0 saturated heterocycles. The zero-order valence-corrected chi connectivity index (χ0v) is 12.8. The molecule has 0 heterocycles. The Kier molecular flexibility index (Phi) is 5.60. The molecule has 122 valence electrons. The molecular formula is C16H23FN2O3. The summed E-state index contributed by atoms with van der Waals surface area (Å²) in [5, 5.41) is 14.7. The van der Waals surface area contributed by atoms with Gasteiger partial charge in [0.2, 0.25) is 0 Å². The summed E-state index contributed by atoms with van der Waals surface area (Å²) < 4.78 is 19.1. The zero-order valence-electron chi connectivity index (χ0n) is 12.8. The van der Waals surface area contributed by atoms with Gasteiger partial charge in [0.05, 0.1) is 13.2 Å². The fourth-order valence-corrected chi connectivity index (χ4v) is 2.09. The van der Waals surface area contributed by atoms with Gasteiger partial charge in [-0.15, -0.1) is 0 Å². The quantitative estimate of drug-likeness (QED) is 0.688. The summed E-state index contributed by atoms with van der Waals surface area (Å²) in [7, 11) is 0. The number of carbonyl (C=O) groups excluding carboxylic acids is 1. The standard InChI is InChI=1S/C16H23FN2O3/c1-2-12(22-14-6-4-3-5-13(14)17)9-18-15(21)19-10-16(11-20)7-8-16/h3-6,12,20H,2,7-11H2,1H3,(H2,18,19,21). The number of para-hydroxylation sites is 1. The van der Waals surface area contributed by atoms with Gasteiger partial charge in [0, 0.05) is 12.0 Å². The minimum absolute atomic E-state index is 0.0985. The predicted octanol–water partition coefficient (Wildman–Crippen LogP) is 2.05. The number of hydrogen-bond acceptors (Lipinski definition) is 3. The largest absolute Gasteiger partial charge is 0.486 e. The lowest BCUT2D eigenvalue weighted by Gasteiger charge is -2.19. The first-order valence-electron chi connectivity index (χ1n) is 7.62. The minimum atomic E-state index is -0.413. The molecule has 1 unspecified atom stereocenters. The van der Waals surface area contributed by atoms with Crippen molar-refractivity contribution in [2.75, 3.05) is 19.7 Å². The number of amides is 2. The predicted molar refractivity (Wildman–Crippen MR) is 81.3 cm³/mol. The highest BCUT2D eigenvalue weighted by Gasteiger charge is 2.42. The number of aliphatic hydroxyl groups excluding tert-OH is 1. The molecule has 1 aromatic rings. The van der Waals surface area contributed by atoms with Crippen molar-refractivity contribution in [3.05, 3.63) is 30.1 Å². The maximum absolute atomic E-state index is 13.5. The zero-order chi connectivity index (χ0) is 16.0. The van der Waals surface area contributed by atoms with E-state index in [9.17, 15) is 14.3 Å². The van der Waals surface area contributed by atoms with Crippen LogP contribution in [0.3, 0.4) is 0 Å². The molecule has 0 spiro atoms. The second-order valence-corrected chi connectivity index (χ2v) is 5.80. The number of urea groups is 1. The van der Waals surface area contributed by atoms with Gasteiger partial charge in [-0.2, -0.15) is 0 Å². The molecule has 1 atom stereocenters. The first-order chi connectivity index (χ1) is 10.6. The Morgan fingerprint density at radius 3 is 2.73 bits per heavy atom. The molecule has 1 aliphatic carbocycles. The van der Waals surface area contributed by atoms with Crippen molar-refractivity contribution in [2.24, 2.45) is 5.41 Å². The van der Waals surface area contributed by atoms with E-state index in [0.717, 1.165) is 12.8 Å². The number of hydrogen-bond donors (Lipinski definition) is 3. The van der Waals surface area contributed by atoms with Gasteiger partial charge in [-0.1, -0.05) is 19.1 Å². The molecular weight excluding hydrogens is 287 g/mol. The SMILES string of the molecule is CCC(CNC(=O)NCC1(CO)CC1)Oc1ccccc1F. The molecule has 0 aromatic heterocycles. The number of nitrogens with one attached hydrogen (secondary N) is 2. The van der Waals surface area contributed by atoms with Gasteiger partial charge in [-0.05, 0) is 31.4 Å². The Balaban J connectivity index is 1.73. The molecule has 2 rings (SSSR count). The number of aliphatic hydroxyl groups is 1. The summed E-state index contributed by atoms with van der Waals surface area (Å²) in [4.78, 5) is 11.7. The molecule has 5 nitrogen and oxygen atoms in total. The van der Waals surface area contributed by atoms with Crippen molar-refractivity contribution >= 4 is 6.03 Å². The molecule has 0 aliphatic heterocycles. The highest BCUT2D eigenvalue weighted by Crippen LogP contribution is 2.44. The molecule has 3 N–H and O–H groups in total. The van der Waals surface area contributed by atoms with Crippen LogP contribution in [0.5, 0.6) is 5.75 Å². The van der Waals surface area contributed by atoms with E-state index in [1.807, 2.05) is 6.92 Å². The molecule has 0 radical (unpaired) electrons. The van der Waals surface area contributed by atoms with Gasteiger partial charge < -0.3 is 20.5 Å². The smallest absolute Gasteiger partial charge is 0.314 e. The van der Waals surface area contributed by atoms with Crippen molar-refractivity contribution in [3.8, 4) is 5.75 Å². The van der Waals surface area contributed by atoms with E-state index >= 15 is 0 Å². The van der Waals surface area contributed by atoms with Crippen LogP contribution in [-0.4, -0.2) is 36.9 Å². The molecule has 6 heteroatoms. The van der Waals surface area contributed by atoms with E-state index in [4.69, 9.17) is 4.74 Å². The fourth-order valence-electron chi connectivity index (χ4n) is 2.09. The fraction of sp³-hybridized carbons (Fsp3) is 0.562. The van der Waals surface area contributed by atoms with Crippen LogP contribution in [0.15, 0.2) is 24.3 Å². The number of halogens is 1. The molecule has 1 fully saturated rings. The van der Waals surface area contributed by atoms with Crippen LogP contribution in [0.2, 0.25) is 0 Å². The van der Waals surface area contributed by atoms with Crippen LogP contribution in [0.1, 0.15) is 26.2 Å². The van der Waals surface area contributed by atoms with Crippen molar-refractivity contribution in [3.63, 3.8) is 0 Å². The lowest BCUT2D eigenvalue weighted by molar-refractivity contribution is 0.180. The summed E-state index contributed by atoms with van der Waals surface area (Å²) in [5.41, 5.74) is -0.120. The monoisotopic (exact) mass is 310 g/mol. The molecule has 1 saturated carbocycles. The lowest BCUT2D eigenvalue weighted by atomic mass is 10.1. The number of rotatable bonds is 8. The molecule has 1 aromatic carbocycles. The number of carbonyl (C=O) groups is 1. The van der Waals surface area contributed by atoms with E-state index < -0.39 is 5.82 Å². The highest BCUT2D eigenvalue weighted by molar-refractivity contribution is 5.73. The summed E-state index contributed by atoms with van der Waals surface area (Å²) in [6.07, 6.45) is 2.24. The van der Waals surface area contributed by atoms with Crippen molar-refractivity contribution in [1.29, 1.82) is 0 Å². The molecule has 2 amide bonds. The van der Waals surface area contributed by atoms with E-state index in [1.54, 1.807) is 18.2 Å². The first-order valence-corrected chi connectivity index (χ1v) is 7.62. The van der Waals surface area contributed by atoms with Gasteiger partial charge in [-0.25, -0.2) is 9.18 Å². The third-order valence-corrected chi connectivity index (χ3v) is 3.99. The average Bonchev–Trinajstić information content (AvgIpc) is 3.32. The third-order valence-electron chi connectivity index (χ3n) is 3.99. The summed E-state index contributed by atoms with van der Waals surface area (Å²) in [6.45, 7) is 2.78. The normalized spacial score (nSPS) is 16.7.